The largest absolute Gasteiger partial charge is 0.474 e. The first-order valence-electron chi connectivity index (χ1n) is 7.08. The molecule has 1 aromatic carbocycles. The molecule has 0 saturated heterocycles. The van der Waals surface area contributed by atoms with Gasteiger partial charge in [0.05, 0.1) is 6.04 Å². The van der Waals surface area contributed by atoms with Crippen LogP contribution in [-0.2, 0) is 4.74 Å². The van der Waals surface area contributed by atoms with Gasteiger partial charge in [0.15, 0.2) is 0 Å². The van der Waals surface area contributed by atoms with E-state index in [1.807, 2.05) is 24.4 Å². The van der Waals surface area contributed by atoms with E-state index in [2.05, 4.69) is 37.9 Å². The fourth-order valence-electron chi connectivity index (χ4n) is 2.65. The molecule has 3 rings (SSSR count). The third-order valence-electron chi connectivity index (χ3n) is 3.44. The zero-order chi connectivity index (χ0) is 14.2. The Balaban J connectivity index is 1.94. The normalized spacial score (nSPS) is 18.9. The van der Waals surface area contributed by atoms with Gasteiger partial charge in [0.2, 0.25) is 5.90 Å². The number of benzene rings is 1. The molecule has 0 spiro atoms. The molecular formula is C17H20N2O. The summed E-state index contributed by atoms with van der Waals surface area (Å²) in [6.07, 6.45) is 2.85. The van der Waals surface area contributed by atoms with Crippen molar-refractivity contribution in [3.63, 3.8) is 0 Å². The summed E-state index contributed by atoms with van der Waals surface area (Å²) in [6, 6.07) is 10.5. The lowest BCUT2D eigenvalue weighted by Gasteiger charge is -2.19. The average molecular weight is 268 g/mol. The number of hydrogen-bond acceptors (Lipinski definition) is 3. The van der Waals surface area contributed by atoms with Crippen molar-refractivity contribution in [3.8, 4) is 0 Å². The van der Waals surface area contributed by atoms with Crippen molar-refractivity contribution in [1.82, 2.24) is 4.98 Å². The van der Waals surface area contributed by atoms with Crippen molar-refractivity contribution >= 4 is 16.7 Å². The van der Waals surface area contributed by atoms with Gasteiger partial charge >= 0.3 is 0 Å². The monoisotopic (exact) mass is 268 g/mol. The lowest BCUT2D eigenvalue weighted by atomic mass is 9.89. The Morgan fingerprint density at radius 3 is 2.80 bits per heavy atom. The molecule has 20 heavy (non-hydrogen) atoms. The van der Waals surface area contributed by atoms with Gasteiger partial charge in [-0.05, 0) is 23.3 Å². The van der Waals surface area contributed by atoms with E-state index in [0.29, 0.717) is 12.5 Å². The van der Waals surface area contributed by atoms with E-state index >= 15 is 0 Å². The topological polar surface area (TPSA) is 34.5 Å². The molecule has 0 aliphatic carbocycles. The van der Waals surface area contributed by atoms with Crippen LogP contribution >= 0.6 is 0 Å². The van der Waals surface area contributed by atoms with Crippen molar-refractivity contribution in [1.29, 1.82) is 0 Å². The first-order chi connectivity index (χ1) is 9.53. The van der Waals surface area contributed by atoms with Crippen molar-refractivity contribution in [2.45, 2.75) is 33.2 Å². The van der Waals surface area contributed by atoms with Gasteiger partial charge in [0.25, 0.3) is 0 Å². The highest BCUT2D eigenvalue weighted by atomic mass is 16.5. The van der Waals surface area contributed by atoms with E-state index in [9.17, 15) is 0 Å². The fourth-order valence-corrected chi connectivity index (χ4v) is 2.65. The van der Waals surface area contributed by atoms with Gasteiger partial charge in [0, 0.05) is 11.6 Å². The number of ether oxygens (including phenoxy) is 1. The summed E-state index contributed by atoms with van der Waals surface area (Å²) in [6.45, 7) is 7.36. The first-order valence-corrected chi connectivity index (χ1v) is 7.08. The van der Waals surface area contributed by atoms with Gasteiger partial charge in [0.1, 0.15) is 12.3 Å². The lowest BCUT2D eigenvalue weighted by molar-refractivity contribution is 0.267. The zero-order valence-electron chi connectivity index (χ0n) is 12.3. The fraction of sp³-hybridized carbons (Fsp3) is 0.412. The molecule has 1 aliphatic rings. The lowest BCUT2D eigenvalue weighted by Crippen LogP contribution is -2.17. The maximum atomic E-state index is 5.79. The van der Waals surface area contributed by atoms with Crippen molar-refractivity contribution in [2.24, 2.45) is 10.4 Å². The maximum Gasteiger partial charge on any atom is 0.236 e. The molecule has 104 valence electrons. The van der Waals surface area contributed by atoms with Crippen LogP contribution in [0.5, 0.6) is 0 Å². The third kappa shape index (κ3) is 2.67. The summed E-state index contributed by atoms with van der Waals surface area (Å²) in [4.78, 5) is 9.19. The van der Waals surface area contributed by atoms with Crippen LogP contribution in [0.2, 0.25) is 0 Å². The van der Waals surface area contributed by atoms with Crippen LogP contribution in [0.3, 0.4) is 0 Å². The molecule has 0 N–H and O–H groups in total. The number of rotatable bonds is 2. The van der Waals surface area contributed by atoms with Crippen LogP contribution in [0.25, 0.3) is 10.8 Å². The Kier molecular flexibility index (Phi) is 3.20. The molecule has 0 bridgehead atoms. The molecule has 1 unspecified atom stereocenters. The molecule has 1 aromatic heterocycles. The van der Waals surface area contributed by atoms with E-state index in [4.69, 9.17) is 9.73 Å². The van der Waals surface area contributed by atoms with E-state index in [1.165, 1.54) is 5.39 Å². The van der Waals surface area contributed by atoms with Crippen LogP contribution in [0.4, 0.5) is 0 Å². The third-order valence-corrected chi connectivity index (χ3v) is 3.44. The summed E-state index contributed by atoms with van der Waals surface area (Å²) in [5.74, 6) is 0.691. The van der Waals surface area contributed by atoms with Gasteiger partial charge in [-0.1, -0.05) is 45.0 Å². The van der Waals surface area contributed by atoms with Gasteiger partial charge in [-0.15, -0.1) is 0 Å². The highest BCUT2D eigenvalue weighted by Gasteiger charge is 2.26. The van der Waals surface area contributed by atoms with Crippen LogP contribution in [0.15, 0.2) is 41.5 Å². The molecular weight excluding hydrogens is 248 g/mol. The van der Waals surface area contributed by atoms with Crippen molar-refractivity contribution < 1.29 is 4.74 Å². The molecule has 0 radical (unpaired) electrons. The predicted octanol–water partition coefficient (Wildman–Crippen LogP) is 3.82. The Morgan fingerprint density at radius 1 is 1.20 bits per heavy atom. The van der Waals surface area contributed by atoms with Gasteiger partial charge in [-0.25, -0.2) is 4.99 Å². The highest BCUT2D eigenvalue weighted by molar-refractivity contribution is 6.05. The second-order valence-corrected chi connectivity index (χ2v) is 6.54. The second kappa shape index (κ2) is 4.89. The summed E-state index contributed by atoms with van der Waals surface area (Å²) in [7, 11) is 0. The number of nitrogens with zero attached hydrogens (tertiary/aromatic N) is 2. The standard InChI is InChI=1S/C17H20N2O/c1-17(2,3)10-13-11-20-16(19-13)15-14-7-5-4-6-12(14)8-9-18-15/h4-9,13H,10-11H2,1-3H3. The minimum Gasteiger partial charge on any atom is -0.474 e. The Labute approximate surface area is 119 Å². The van der Waals surface area contributed by atoms with Gasteiger partial charge < -0.3 is 4.74 Å². The SMILES string of the molecule is CC(C)(C)CC1COC(c2nccc3ccccc23)=N1. The average Bonchev–Trinajstić information content (AvgIpc) is 2.84. The summed E-state index contributed by atoms with van der Waals surface area (Å²) in [5, 5.41) is 2.27. The van der Waals surface area contributed by atoms with Crippen LogP contribution in [0, 0.1) is 5.41 Å². The quantitative estimate of drug-likeness (QED) is 0.830. The van der Waals surface area contributed by atoms with E-state index < -0.39 is 0 Å². The smallest absolute Gasteiger partial charge is 0.236 e. The van der Waals surface area contributed by atoms with Crippen LogP contribution < -0.4 is 0 Å². The number of pyridine rings is 1. The van der Waals surface area contributed by atoms with Gasteiger partial charge in [-0.2, -0.15) is 0 Å². The van der Waals surface area contributed by atoms with Crippen molar-refractivity contribution in [2.75, 3.05) is 6.61 Å². The zero-order valence-corrected chi connectivity index (χ0v) is 12.3. The highest BCUT2D eigenvalue weighted by Crippen LogP contribution is 2.27. The van der Waals surface area contributed by atoms with Crippen molar-refractivity contribution in [3.05, 3.63) is 42.2 Å². The molecule has 2 aromatic rings. The number of fused-ring (bicyclic) bond motifs is 1. The molecule has 0 saturated carbocycles. The Bertz CT molecular complexity index is 650. The number of aliphatic imine (C=N–C) groups is 1. The molecule has 3 nitrogen and oxygen atoms in total. The molecule has 2 heterocycles. The van der Waals surface area contributed by atoms with Gasteiger partial charge in [-0.3, -0.25) is 4.98 Å². The van der Waals surface area contributed by atoms with Crippen LogP contribution in [-0.4, -0.2) is 23.5 Å². The minimum absolute atomic E-state index is 0.241. The number of aromatic nitrogens is 1. The summed E-state index contributed by atoms with van der Waals surface area (Å²) in [5.41, 5.74) is 1.12. The second-order valence-electron chi connectivity index (χ2n) is 6.54. The van der Waals surface area contributed by atoms with E-state index in [-0.39, 0.29) is 11.5 Å². The summed E-state index contributed by atoms with van der Waals surface area (Å²) >= 11 is 0. The first kappa shape index (κ1) is 13.1. The van der Waals surface area contributed by atoms with E-state index in [0.717, 1.165) is 17.5 Å². The van der Waals surface area contributed by atoms with Crippen LogP contribution in [0.1, 0.15) is 32.9 Å². The molecule has 3 heteroatoms. The minimum atomic E-state index is 0.241. The summed E-state index contributed by atoms with van der Waals surface area (Å²) < 4.78 is 5.79. The molecule has 1 atom stereocenters. The molecule has 0 amide bonds. The predicted molar refractivity (Wildman–Crippen MR) is 82.1 cm³/mol. The Morgan fingerprint density at radius 2 is 2.00 bits per heavy atom. The Hall–Kier alpha value is -1.90. The molecule has 0 fully saturated rings. The molecule has 1 aliphatic heterocycles. The number of hydrogen-bond donors (Lipinski definition) is 0. The van der Waals surface area contributed by atoms with E-state index in [1.54, 1.807) is 0 Å². The maximum absolute atomic E-state index is 5.79.